The van der Waals surface area contributed by atoms with Crippen LogP contribution in [0.2, 0.25) is 10.0 Å². The molecule has 2 aliphatic rings. The van der Waals surface area contributed by atoms with Crippen molar-refractivity contribution in [1.82, 2.24) is 0 Å². The van der Waals surface area contributed by atoms with Gasteiger partial charge in [0.2, 0.25) is 11.6 Å². The molecule has 2 aromatic carbocycles. The number of Topliss-reactive ketones (excluding diaryl/α,β-unsaturated/α-hetero) is 2. The third kappa shape index (κ3) is 7.42. The maximum atomic E-state index is 13.5. The molecule has 2 aliphatic heterocycles. The molecule has 0 N–H and O–H groups in total. The van der Waals surface area contributed by atoms with E-state index in [9.17, 15) is 9.59 Å². The Bertz CT molecular complexity index is 1380. The average Bonchev–Trinajstić information content (AvgIpc) is 3.45. The SMILES string of the molecule is [2H]C([2H])([2H])[C@@H](CCCCCC)Oc1cc2c(cc1Cl)C(=O)/C(=C1/Sc3cc(O[C@H](CCCCCC)C([2H])([2H])[2H])c(Cl)cc3C1=O)S2. The molecule has 0 fully saturated rings. The number of unbranched alkanes of at least 4 members (excludes halogenated alkanes) is 6. The lowest BCUT2D eigenvalue weighted by Gasteiger charge is -2.16. The first kappa shape index (κ1) is 23.9. The van der Waals surface area contributed by atoms with Gasteiger partial charge in [0.1, 0.15) is 11.5 Å². The summed E-state index contributed by atoms with van der Waals surface area (Å²) in [6.45, 7) is -0.551. The molecule has 216 valence electrons. The highest BCUT2D eigenvalue weighted by Gasteiger charge is 2.37. The predicted molar refractivity (Wildman–Crippen MR) is 168 cm³/mol. The Morgan fingerprint density at radius 3 is 1.50 bits per heavy atom. The number of ether oxygens (including phenoxy) is 2. The van der Waals surface area contributed by atoms with Crippen LogP contribution < -0.4 is 9.47 Å². The number of halogens is 2. The number of benzene rings is 2. The second-order valence-electron chi connectivity index (χ2n) is 9.99. The molecule has 0 saturated carbocycles. The summed E-state index contributed by atoms with van der Waals surface area (Å²) in [7, 11) is 0. The lowest BCUT2D eigenvalue weighted by molar-refractivity contribution is 0.101. The zero-order valence-corrected chi connectivity index (χ0v) is 25.9. The number of hydrogen-bond donors (Lipinski definition) is 0. The van der Waals surface area contributed by atoms with Gasteiger partial charge >= 0.3 is 0 Å². The Kier molecular flexibility index (Phi) is 8.68. The molecule has 8 heteroatoms. The van der Waals surface area contributed by atoms with Crippen LogP contribution in [0.4, 0.5) is 0 Å². The van der Waals surface area contributed by atoms with E-state index in [1.165, 1.54) is 12.1 Å². The van der Waals surface area contributed by atoms with Crippen molar-refractivity contribution in [1.29, 1.82) is 0 Å². The van der Waals surface area contributed by atoms with Crippen LogP contribution in [0.1, 0.15) is 121 Å². The molecular formula is C32H38Cl2O4S2. The van der Waals surface area contributed by atoms with Crippen molar-refractivity contribution in [2.45, 2.75) is 114 Å². The Morgan fingerprint density at radius 2 is 1.12 bits per heavy atom. The van der Waals surface area contributed by atoms with Crippen molar-refractivity contribution in [3.05, 3.63) is 55.2 Å². The number of ketones is 2. The van der Waals surface area contributed by atoms with E-state index >= 15 is 0 Å². The first-order valence-electron chi connectivity index (χ1n) is 16.8. The van der Waals surface area contributed by atoms with Gasteiger partial charge in [-0.2, -0.15) is 0 Å². The number of allylic oxidation sites excluding steroid dienone is 2. The van der Waals surface area contributed by atoms with Gasteiger partial charge in [-0.3, -0.25) is 9.59 Å². The Labute approximate surface area is 265 Å². The van der Waals surface area contributed by atoms with Crippen LogP contribution in [0, 0.1) is 0 Å². The van der Waals surface area contributed by atoms with Gasteiger partial charge in [-0.25, -0.2) is 0 Å². The van der Waals surface area contributed by atoms with Crippen LogP contribution in [0.3, 0.4) is 0 Å². The van der Waals surface area contributed by atoms with Crippen molar-refractivity contribution in [2.75, 3.05) is 0 Å². The van der Waals surface area contributed by atoms with E-state index < -0.39 is 25.9 Å². The maximum Gasteiger partial charge on any atom is 0.202 e. The molecule has 0 saturated heterocycles. The van der Waals surface area contributed by atoms with Gasteiger partial charge < -0.3 is 9.47 Å². The van der Waals surface area contributed by atoms with Gasteiger partial charge in [0.15, 0.2) is 0 Å². The molecule has 4 nitrogen and oxygen atoms in total. The second kappa shape index (κ2) is 14.5. The molecular weight excluding hydrogens is 583 g/mol. The Balaban J connectivity index is 1.56. The van der Waals surface area contributed by atoms with Gasteiger partial charge in [0.25, 0.3) is 0 Å². The van der Waals surface area contributed by atoms with Crippen LogP contribution in [-0.2, 0) is 0 Å². The van der Waals surface area contributed by atoms with E-state index in [1.54, 1.807) is 12.1 Å². The van der Waals surface area contributed by atoms with Crippen LogP contribution in [0.15, 0.2) is 43.9 Å². The van der Waals surface area contributed by atoms with Crippen LogP contribution in [0.5, 0.6) is 11.5 Å². The zero-order valence-electron chi connectivity index (χ0n) is 28.7. The van der Waals surface area contributed by atoms with Crippen molar-refractivity contribution in [3.63, 3.8) is 0 Å². The summed E-state index contributed by atoms with van der Waals surface area (Å²) in [6.07, 6.45) is 5.85. The summed E-state index contributed by atoms with van der Waals surface area (Å²) in [5.41, 5.74) is 0.599. The topological polar surface area (TPSA) is 52.6 Å². The highest BCUT2D eigenvalue weighted by atomic mass is 35.5. The number of carbonyl (C=O) groups excluding carboxylic acids is 2. The molecule has 40 heavy (non-hydrogen) atoms. The summed E-state index contributed by atoms with van der Waals surface area (Å²) < 4.78 is 59.6. The van der Waals surface area contributed by atoms with Gasteiger partial charge in [-0.15, -0.1) is 0 Å². The standard InChI is InChI=1S/C32H38Cl2O4S2/c1-5-7-9-11-13-19(3)37-25-17-27-21(15-23(25)33)29(35)31(39-27)32-30(36)22-16-24(34)26(18-28(22)40-32)38-20(4)14-12-10-8-6-2/h15-20H,5-14H2,1-4H3/b32-31-/t19-,20-/m0/s1/i3D3,4D3. The monoisotopic (exact) mass is 626 g/mol. The summed E-state index contributed by atoms with van der Waals surface area (Å²) in [5.74, 6) is -0.406. The van der Waals surface area contributed by atoms with Crippen molar-refractivity contribution < 1.29 is 27.3 Å². The predicted octanol–water partition coefficient (Wildman–Crippen LogP) is 11.0. The van der Waals surface area contributed by atoms with Gasteiger partial charge in [0.05, 0.1) is 32.1 Å². The van der Waals surface area contributed by atoms with E-state index in [0.29, 0.717) is 46.6 Å². The van der Waals surface area contributed by atoms with E-state index in [-0.39, 0.29) is 42.9 Å². The zero-order chi connectivity index (χ0) is 33.8. The van der Waals surface area contributed by atoms with Gasteiger partial charge in [-0.05, 0) is 63.7 Å². The number of hydrogen-bond acceptors (Lipinski definition) is 6. The fraction of sp³-hybridized carbons (Fsp3) is 0.500. The lowest BCUT2D eigenvalue weighted by atomic mass is 10.1. The third-order valence-corrected chi connectivity index (χ3v) is 9.80. The summed E-state index contributed by atoms with van der Waals surface area (Å²) in [4.78, 5) is 28.5. The van der Waals surface area contributed by atoms with E-state index in [4.69, 9.17) is 40.9 Å². The molecule has 2 aromatic rings. The normalized spacial score (nSPS) is 20.5. The Hall–Kier alpha value is -1.60. The first-order chi connectivity index (χ1) is 21.6. The summed E-state index contributed by atoms with van der Waals surface area (Å²) >= 11 is 15.2. The van der Waals surface area contributed by atoms with Crippen molar-refractivity contribution in [3.8, 4) is 11.5 Å². The second-order valence-corrected chi connectivity index (χ2v) is 12.9. The van der Waals surface area contributed by atoms with Crippen molar-refractivity contribution >= 4 is 58.3 Å². The minimum absolute atomic E-state index is 0.113. The fourth-order valence-electron chi connectivity index (χ4n) is 4.57. The maximum absolute atomic E-state index is 13.5. The van der Waals surface area contributed by atoms with Crippen LogP contribution >= 0.6 is 46.7 Å². The summed E-state index contributed by atoms with van der Waals surface area (Å²) in [6, 6.07) is 6.04. The number of thioether (sulfide) groups is 2. The van der Waals surface area contributed by atoms with Crippen LogP contribution in [0.25, 0.3) is 0 Å². The van der Waals surface area contributed by atoms with E-state index in [0.717, 1.165) is 62.0 Å². The number of carbonyl (C=O) groups is 2. The Morgan fingerprint density at radius 1 is 0.700 bits per heavy atom. The lowest BCUT2D eigenvalue weighted by Crippen LogP contribution is -2.12. The largest absolute Gasteiger partial charge is 0.489 e. The molecule has 2 atom stereocenters. The molecule has 0 aromatic heterocycles. The quantitative estimate of drug-likeness (QED) is 0.153. The molecule has 0 unspecified atom stereocenters. The molecule has 0 spiro atoms. The third-order valence-electron chi connectivity index (χ3n) is 6.78. The smallest absolute Gasteiger partial charge is 0.202 e. The molecule has 0 amide bonds. The fourth-order valence-corrected chi connectivity index (χ4v) is 7.30. The van der Waals surface area contributed by atoms with E-state index in [2.05, 4.69) is 13.8 Å². The first-order valence-corrected chi connectivity index (χ1v) is 16.2. The number of fused-ring (bicyclic) bond motifs is 2. The minimum Gasteiger partial charge on any atom is -0.489 e. The molecule has 0 bridgehead atoms. The highest BCUT2D eigenvalue weighted by Crippen LogP contribution is 2.52. The van der Waals surface area contributed by atoms with Gasteiger partial charge in [-0.1, -0.05) is 99.1 Å². The highest BCUT2D eigenvalue weighted by molar-refractivity contribution is 8.08. The molecule has 0 radical (unpaired) electrons. The average molecular weight is 628 g/mol. The molecule has 4 rings (SSSR count). The van der Waals surface area contributed by atoms with E-state index in [1.807, 2.05) is 0 Å². The molecule has 2 heterocycles. The number of rotatable bonds is 14. The van der Waals surface area contributed by atoms with Gasteiger partial charge in [0, 0.05) is 29.1 Å². The summed E-state index contributed by atoms with van der Waals surface area (Å²) in [5, 5.41) is 0.227. The minimum atomic E-state index is -2.36. The van der Waals surface area contributed by atoms with Crippen LogP contribution in [-0.4, -0.2) is 23.8 Å². The van der Waals surface area contributed by atoms with Crippen molar-refractivity contribution in [2.24, 2.45) is 0 Å². The molecule has 0 aliphatic carbocycles.